The van der Waals surface area contributed by atoms with Crippen LogP contribution in [0, 0.1) is 23.2 Å². The first-order chi connectivity index (χ1) is 17.6. The number of nitrogens with zero attached hydrogens (tertiary/aromatic N) is 2. The maximum atomic E-state index is 13.8. The van der Waals surface area contributed by atoms with Crippen molar-refractivity contribution in [3.05, 3.63) is 23.2 Å². The number of nitriles is 1. The van der Waals surface area contributed by atoms with Crippen LogP contribution in [0.2, 0.25) is 5.02 Å². The Morgan fingerprint density at radius 3 is 2.33 bits per heavy atom. The Hall–Kier alpha value is -2.66. The minimum absolute atomic E-state index is 0. The monoisotopic (exact) mass is 599 g/mol. The summed E-state index contributed by atoms with van der Waals surface area (Å²) in [5.41, 5.74) is -1.10. The number of hydrogen-bond acceptors (Lipinski definition) is 6. The quantitative estimate of drug-likeness (QED) is 0.471. The van der Waals surface area contributed by atoms with Gasteiger partial charge in [-0.25, -0.2) is 17.2 Å². The molecule has 0 unspecified atom stereocenters. The number of rotatable bonds is 7. The summed E-state index contributed by atoms with van der Waals surface area (Å²) >= 11 is 6.08. The second-order valence-corrected chi connectivity index (χ2v) is 12.5. The highest BCUT2D eigenvalue weighted by molar-refractivity contribution is 7.92. The van der Waals surface area contributed by atoms with E-state index in [1.807, 2.05) is 6.07 Å². The lowest BCUT2D eigenvalue weighted by Gasteiger charge is -2.24. The number of benzene rings is 1. The highest BCUT2D eigenvalue weighted by Crippen LogP contribution is 2.43. The molecule has 1 aliphatic heterocycles. The molecule has 2 aliphatic carbocycles. The Bertz CT molecular complexity index is 1280. The molecule has 1 aromatic rings. The predicted octanol–water partition coefficient (Wildman–Crippen LogP) is 4.13. The van der Waals surface area contributed by atoms with Gasteiger partial charge in [-0.05, 0) is 37.8 Å². The summed E-state index contributed by atoms with van der Waals surface area (Å²) < 4.78 is 96.3. The summed E-state index contributed by atoms with van der Waals surface area (Å²) in [6.45, 7) is -2.71. The molecule has 0 spiro atoms. The SMILES string of the molecule is C.N#CC1(NC(=O)[C@@H]2C[C@@H](S(=O)(=O)c3ccc(OCC(F)(F)F)cc3Cl)C[C@H]2C(=O)N2CCC(F)(F)C2)CC1. The third-order valence-electron chi connectivity index (χ3n) is 7.03. The number of amides is 2. The van der Waals surface area contributed by atoms with Gasteiger partial charge in [0, 0.05) is 19.0 Å². The van der Waals surface area contributed by atoms with Crippen LogP contribution in [0.5, 0.6) is 5.75 Å². The molecule has 2 saturated carbocycles. The minimum atomic E-state index is -4.62. The fourth-order valence-electron chi connectivity index (χ4n) is 4.83. The van der Waals surface area contributed by atoms with E-state index in [1.165, 1.54) is 0 Å². The van der Waals surface area contributed by atoms with Gasteiger partial charge in [0.05, 0.1) is 39.6 Å². The molecular formula is C24H27ClF5N3O5S. The van der Waals surface area contributed by atoms with Gasteiger partial charge in [0.1, 0.15) is 11.3 Å². The summed E-state index contributed by atoms with van der Waals surface area (Å²) in [6.07, 6.45) is -5.09. The second-order valence-electron chi connectivity index (χ2n) is 9.90. The number of alkyl halides is 5. The van der Waals surface area contributed by atoms with Crippen molar-refractivity contribution in [2.75, 3.05) is 19.7 Å². The van der Waals surface area contributed by atoms with Crippen LogP contribution in [0.15, 0.2) is 23.1 Å². The Morgan fingerprint density at radius 2 is 1.82 bits per heavy atom. The van der Waals surface area contributed by atoms with Gasteiger partial charge in [-0.15, -0.1) is 0 Å². The van der Waals surface area contributed by atoms with Gasteiger partial charge in [0.25, 0.3) is 5.92 Å². The fourth-order valence-corrected chi connectivity index (χ4v) is 7.19. The Kier molecular flexibility index (Phi) is 8.49. The number of halogens is 6. The van der Waals surface area contributed by atoms with E-state index in [4.69, 9.17) is 11.6 Å². The molecule has 1 N–H and O–H groups in total. The van der Waals surface area contributed by atoms with Gasteiger partial charge in [0.2, 0.25) is 11.8 Å². The number of ether oxygens (including phenoxy) is 1. The highest BCUT2D eigenvalue weighted by atomic mass is 35.5. The Morgan fingerprint density at radius 1 is 1.18 bits per heavy atom. The number of carbonyl (C=O) groups excluding carboxylic acids is 2. The number of hydrogen-bond donors (Lipinski definition) is 1. The summed E-state index contributed by atoms with van der Waals surface area (Å²) in [5, 5.41) is 10.1. The number of carbonyl (C=O) groups is 2. The van der Waals surface area contributed by atoms with Crippen molar-refractivity contribution in [2.24, 2.45) is 11.8 Å². The zero-order valence-corrected chi connectivity index (χ0v) is 21.3. The van der Waals surface area contributed by atoms with E-state index in [9.17, 15) is 45.2 Å². The third-order valence-corrected chi connectivity index (χ3v) is 9.69. The summed E-state index contributed by atoms with van der Waals surface area (Å²) in [6, 6.07) is 4.86. The topological polar surface area (TPSA) is 117 Å². The van der Waals surface area contributed by atoms with Crippen molar-refractivity contribution in [1.29, 1.82) is 5.26 Å². The van der Waals surface area contributed by atoms with Crippen LogP contribution in [-0.4, -0.2) is 67.7 Å². The summed E-state index contributed by atoms with van der Waals surface area (Å²) in [7, 11) is -4.32. The number of nitrogens with one attached hydrogen (secondary N) is 1. The van der Waals surface area contributed by atoms with E-state index in [2.05, 4.69) is 10.1 Å². The summed E-state index contributed by atoms with van der Waals surface area (Å²) in [4.78, 5) is 26.8. The van der Waals surface area contributed by atoms with Gasteiger partial charge < -0.3 is 15.0 Å². The van der Waals surface area contributed by atoms with E-state index in [0.717, 1.165) is 23.1 Å². The largest absolute Gasteiger partial charge is 0.484 e. The number of sulfone groups is 1. The first-order valence-electron chi connectivity index (χ1n) is 11.7. The fraction of sp³-hybridized carbons (Fsp3) is 0.625. The van der Waals surface area contributed by atoms with Crippen LogP contribution in [0.25, 0.3) is 0 Å². The molecule has 4 rings (SSSR count). The van der Waals surface area contributed by atoms with Crippen molar-refractivity contribution in [3.8, 4) is 11.8 Å². The van der Waals surface area contributed by atoms with E-state index in [1.54, 1.807) is 0 Å². The molecule has 3 atom stereocenters. The third kappa shape index (κ3) is 6.74. The van der Waals surface area contributed by atoms with Crippen LogP contribution in [0.4, 0.5) is 22.0 Å². The van der Waals surface area contributed by atoms with Gasteiger partial charge in [-0.2, -0.15) is 18.4 Å². The molecule has 15 heteroatoms. The Labute approximate surface area is 227 Å². The lowest BCUT2D eigenvalue weighted by atomic mass is 9.93. The van der Waals surface area contributed by atoms with E-state index >= 15 is 0 Å². The molecule has 0 bridgehead atoms. The smallest absolute Gasteiger partial charge is 0.422 e. The van der Waals surface area contributed by atoms with Crippen LogP contribution in [0.1, 0.15) is 39.5 Å². The molecule has 0 aromatic heterocycles. The molecular weight excluding hydrogens is 573 g/mol. The molecule has 3 aliphatic rings. The molecule has 0 radical (unpaired) electrons. The maximum Gasteiger partial charge on any atom is 0.422 e. The van der Waals surface area contributed by atoms with Crippen molar-refractivity contribution >= 4 is 33.3 Å². The zero-order valence-electron chi connectivity index (χ0n) is 19.7. The Balaban J connectivity index is 0.00000420. The first kappa shape index (κ1) is 30.9. The molecule has 3 fully saturated rings. The average Bonchev–Trinajstić information content (AvgIpc) is 3.27. The van der Waals surface area contributed by atoms with Gasteiger partial charge in [0.15, 0.2) is 16.4 Å². The zero-order chi connectivity index (χ0) is 28.1. The van der Waals surface area contributed by atoms with Crippen LogP contribution in [0.3, 0.4) is 0 Å². The standard InChI is InChI=1S/C23H23ClF5N3O5S.CH4/c24-17-7-13(37-12-23(27,28)29)1-2-18(17)38(35,36)14-8-15(19(33)31-21(10-30)3-4-21)16(9-14)20(34)32-6-5-22(25,26)11-32;/h1-2,7,14-16H,3-6,8-9,11-12H2,(H,31,33);1H4/t14-,15-,16-;/m1./s1. The normalized spacial score (nSPS) is 25.4. The number of likely N-dealkylation sites (tertiary alicyclic amines) is 1. The van der Waals surface area contributed by atoms with E-state index in [-0.39, 0.29) is 32.6 Å². The molecule has 216 valence electrons. The lowest BCUT2D eigenvalue weighted by Crippen LogP contribution is -2.45. The van der Waals surface area contributed by atoms with E-state index < -0.39 is 85.9 Å². The summed E-state index contributed by atoms with van der Waals surface area (Å²) in [5.74, 6) is -7.33. The van der Waals surface area contributed by atoms with Crippen molar-refractivity contribution in [1.82, 2.24) is 10.2 Å². The maximum absolute atomic E-state index is 13.8. The highest BCUT2D eigenvalue weighted by Gasteiger charge is 2.53. The molecule has 8 nitrogen and oxygen atoms in total. The first-order valence-corrected chi connectivity index (χ1v) is 13.6. The van der Waals surface area contributed by atoms with Crippen LogP contribution in [-0.2, 0) is 19.4 Å². The molecule has 1 heterocycles. The molecule has 1 aromatic carbocycles. The van der Waals surface area contributed by atoms with Crippen molar-refractivity contribution < 1.29 is 44.7 Å². The second kappa shape index (κ2) is 10.7. The van der Waals surface area contributed by atoms with Gasteiger partial charge in [-0.3, -0.25) is 9.59 Å². The predicted molar refractivity (Wildman–Crippen MR) is 129 cm³/mol. The molecule has 39 heavy (non-hydrogen) atoms. The minimum Gasteiger partial charge on any atom is -0.484 e. The van der Waals surface area contributed by atoms with E-state index in [0.29, 0.717) is 12.8 Å². The lowest BCUT2D eigenvalue weighted by molar-refractivity contribution is -0.153. The van der Waals surface area contributed by atoms with Crippen LogP contribution < -0.4 is 10.1 Å². The molecule has 1 saturated heterocycles. The van der Waals surface area contributed by atoms with Crippen LogP contribution >= 0.6 is 11.6 Å². The average molecular weight is 600 g/mol. The van der Waals surface area contributed by atoms with Crippen molar-refractivity contribution in [2.45, 2.75) is 67.3 Å². The van der Waals surface area contributed by atoms with Gasteiger partial charge >= 0.3 is 6.18 Å². The van der Waals surface area contributed by atoms with Gasteiger partial charge in [-0.1, -0.05) is 19.0 Å². The van der Waals surface area contributed by atoms with Crippen molar-refractivity contribution in [3.63, 3.8) is 0 Å². The molecule has 2 amide bonds.